The van der Waals surface area contributed by atoms with E-state index >= 15 is 0 Å². The molecule has 1 fully saturated rings. The highest BCUT2D eigenvalue weighted by Gasteiger charge is 2.35. The Balaban J connectivity index is 2.25. The number of aryl methyl sites for hydroxylation is 1. The summed E-state index contributed by atoms with van der Waals surface area (Å²) in [5, 5.41) is 3.45. The van der Waals surface area contributed by atoms with Crippen molar-refractivity contribution in [3.8, 4) is 0 Å². The lowest BCUT2D eigenvalue weighted by molar-refractivity contribution is 0.00550. The fourth-order valence-electron chi connectivity index (χ4n) is 1.68. The minimum absolute atomic E-state index is 0.252. The van der Waals surface area contributed by atoms with Gasteiger partial charge >= 0.3 is 0 Å². The maximum Gasteiger partial charge on any atom is 0.152 e. The fraction of sp³-hybridized carbons (Fsp3) is 0.600. The van der Waals surface area contributed by atoms with Gasteiger partial charge in [0, 0.05) is 10.9 Å². The van der Waals surface area contributed by atoms with Crippen molar-refractivity contribution in [2.24, 2.45) is 0 Å². The van der Waals surface area contributed by atoms with Crippen LogP contribution in [0.15, 0.2) is 12.1 Å². The third-order valence-corrected chi connectivity index (χ3v) is 3.56. The summed E-state index contributed by atoms with van der Waals surface area (Å²) in [6.45, 7) is 7.16. The molecule has 1 N–H and O–H groups in total. The second-order valence-electron chi connectivity index (χ2n) is 3.80. The Bertz CT molecular complexity index is 310. The van der Waals surface area contributed by atoms with Crippen LogP contribution in [0.4, 0.5) is 0 Å². The first-order valence-corrected chi connectivity index (χ1v) is 5.40. The van der Waals surface area contributed by atoms with Gasteiger partial charge in [0.25, 0.3) is 0 Å². The Hall–Kier alpha value is -0.380. The molecule has 0 amide bonds. The van der Waals surface area contributed by atoms with Crippen LogP contribution in [-0.2, 0) is 10.5 Å². The molecular weight excluding hydrogens is 182 g/mol. The average Bonchev–Trinajstić information content (AvgIpc) is 2.60. The van der Waals surface area contributed by atoms with Crippen LogP contribution in [0, 0.1) is 6.92 Å². The lowest BCUT2D eigenvalue weighted by Crippen LogP contribution is -2.36. The molecule has 1 saturated heterocycles. The average molecular weight is 197 g/mol. The quantitative estimate of drug-likeness (QED) is 0.745. The zero-order valence-corrected chi connectivity index (χ0v) is 9.07. The molecule has 2 atom stereocenters. The van der Waals surface area contributed by atoms with Crippen LogP contribution < -0.4 is 5.32 Å². The number of hydrogen-bond donors (Lipinski definition) is 1. The first kappa shape index (κ1) is 9.19. The van der Waals surface area contributed by atoms with E-state index in [4.69, 9.17) is 4.74 Å². The second-order valence-corrected chi connectivity index (χ2v) is 5.09. The Kier molecular flexibility index (Phi) is 2.18. The molecule has 1 aromatic rings. The van der Waals surface area contributed by atoms with Crippen LogP contribution in [0.3, 0.4) is 0 Å². The third-order valence-electron chi connectivity index (χ3n) is 2.35. The largest absolute Gasteiger partial charge is 0.354 e. The van der Waals surface area contributed by atoms with E-state index < -0.39 is 0 Å². The molecule has 0 saturated carbocycles. The molecule has 2 nitrogen and oxygen atoms in total. The second kappa shape index (κ2) is 3.08. The van der Waals surface area contributed by atoms with Crippen molar-refractivity contribution in [3.63, 3.8) is 0 Å². The van der Waals surface area contributed by atoms with E-state index in [0.29, 0.717) is 6.04 Å². The zero-order valence-electron chi connectivity index (χ0n) is 8.26. The maximum absolute atomic E-state index is 5.75. The fourth-order valence-corrected chi connectivity index (χ4v) is 2.61. The molecule has 0 radical (unpaired) electrons. The van der Waals surface area contributed by atoms with Crippen molar-refractivity contribution >= 4 is 11.3 Å². The molecular formula is C10H15NOS. The molecule has 0 aliphatic carbocycles. The summed E-state index contributed by atoms with van der Waals surface area (Å²) in [6, 6.07) is 4.73. The molecule has 1 aliphatic heterocycles. The minimum Gasteiger partial charge on any atom is -0.354 e. The lowest BCUT2D eigenvalue weighted by atomic mass is 10.2. The highest BCUT2D eigenvalue weighted by atomic mass is 32.1. The summed E-state index contributed by atoms with van der Waals surface area (Å²) >= 11 is 1.80. The van der Waals surface area contributed by atoms with Gasteiger partial charge in [-0.25, -0.2) is 0 Å². The van der Waals surface area contributed by atoms with Gasteiger partial charge in [0.05, 0.1) is 11.5 Å². The van der Waals surface area contributed by atoms with E-state index in [9.17, 15) is 0 Å². The Labute approximate surface area is 82.9 Å². The van der Waals surface area contributed by atoms with Gasteiger partial charge in [-0.3, -0.25) is 5.32 Å². The van der Waals surface area contributed by atoms with Gasteiger partial charge in [-0.05, 0) is 32.9 Å². The molecule has 3 heteroatoms. The number of ether oxygens (including phenoxy) is 1. The molecule has 2 heterocycles. The molecule has 0 aromatic carbocycles. The molecule has 0 spiro atoms. The van der Waals surface area contributed by atoms with E-state index in [1.165, 1.54) is 9.75 Å². The van der Waals surface area contributed by atoms with E-state index in [0.717, 1.165) is 6.61 Å². The maximum atomic E-state index is 5.75. The smallest absolute Gasteiger partial charge is 0.152 e. The molecule has 2 unspecified atom stereocenters. The van der Waals surface area contributed by atoms with Crippen molar-refractivity contribution in [1.82, 2.24) is 5.32 Å². The van der Waals surface area contributed by atoms with Crippen molar-refractivity contribution in [3.05, 3.63) is 21.9 Å². The number of nitrogens with one attached hydrogen (secondary N) is 1. The Morgan fingerprint density at radius 3 is 2.85 bits per heavy atom. The normalized spacial score (nSPS) is 33.9. The number of rotatable bonds is 1. The SMILES string of the molecule is Cc1ccc(C2(C)NC(C)CO2)s1. The van der Waals surface area contributed by atoms with E-state index in [1.54, 1.807) is 11.3 Å². The highest BCUT2D eigenvalue weighted by molar-refractivity contribution is 7.12. The number of hydrogen-bond acceptors (Lipinski definition) is 3. The van der Waals surface area contributed by atoms with Crippen molar-refractivity contribution in [2.75, 3.05) is 6.61 Å². The van der Waals surface area contributed by atoms with Gasteiger partial charge in [-0.2, -0.15) is 0 Å². The van der Waals surface area contributed by atoms with Crippen LogP contribution in [-0.4, -0.2) is 12.6 Å². The summed E-state index contributed by atoms with van der Waals surface area (Å²) in [7, 11) is 0. The van der Waals surface area contributed by atoms with Crippen LogP contribution in [0.2, 0.25) is 0 Å². The van der Waals surface area contributed by atoms with Gasteiger partial charge in [0.15, 0.2) is 5.72 Å². The van der Waals surface area contributed by atoms with E-state index in [2.05, 4.69) is 38.2 Å². The van der Waals surface area contributed by atoms with Crippen molar-refractivity contribution in [2.45, 2.75) is 32.5 Å². The predicted molar refractivity (Wildman–Crippen MR) is 55.0 cm³/mol. The molecule has 2 rings (SSSR count). The molecule has 72 valence electrons. The first-order valence-electron chi connectivity index (χ1n) is 4.59. The van der Waals surface area contributed by atoms with E-state index in [1.807, 2.05) is 0 Å². The minimum atomic E-state index is -0.252. The third kappa shape index (κ3) is 1.64. The zero-order chi connectivity index (χ0) is 9.47. The monoisotopic (exact) mass is 197 g/mol. The predicted octanol–water partition coefficient (Wildman–Crippen LogP) is 2.24. The Morgan fingerprint density at radius 2 is 2.38 bits per heavy atom. The van der Waals surface area contributed by atoms with Gasteiger partial charge in [-0.1, -0.05) is 0 Å². The Morgan fingerprint density at radius 1 is 1.62 bits per heavy atom. The van der Waals surface area contributed by atoms with E-state index in [-0.39, 0.29) is 5.72 Å². The van der Waals surface area contributed by atoms with Crippen LogP contribution >= 0.6 is 11.3 Å². The molecule has 13 heavy (non-hydrogen) atoms. The van der Waals surface area contributed by atoms with Gasteiger partial charge in [0.1, 0.15) is 0 Å². The summed E-state index contributed by atoms with van der Waals surface area (Å²) < 4.78 is 5.75. The topological polar surface area (TPSA) is 21.3 Å². The van der Waals surface area contributed by atoms with Crippen LogP contribution in [0.25, 0.3) is 0 Å². The lowest BCUT2D eigenvalue weighted by Gasteiger charge is -2.22. The molecule has 0 bridgehead atoms. The van der Waals surface area contributed by atoms with Gasteiger partial charge in [-0.15, -0.1) is 11.3 Å². The summed E-state index contributed by atoms with van der Waals surface area (Å²) in [6.07, 6.45) is 0. The van der Waals surface area contributed by atoms with Crippen molar-refractivity contribution in [1.29, 1.82) is 0 Å². The van der Waals surface area contributed by atoms with Crippen LogP contribution in [0.5, 0.6) is 0 Å². The standard InChI is InChI=1S/C10H15NOS/c1-7-6-12-10(3,11-7)9-5-4-8(2)13-9/h4-5,7,11H,6H2,1-3H3. The summed E-state index contributed by atoms with van der Waals surface area (Å²) in [5.41, 5.74) is -0.252. The molecule has 1 aliphatic rings. The molecule has 1 aromatic heterocycles. The summed E-state index contributed by atoms with van der Waals surface area (Å²) in [4.78, 5) is 2.61. The van der Waals surface area contributed by atoms with Gasteiger partial charge < -0.3 is 4.74 Å². The highest BCUT2D eigenvalue weighted by Crippen LogP contribution is 2.32. The first-order chi connectivity index (χ1) is 6.10. The van der Waals surface area contributed by atoms with Crippen molar-refractivity contribution < 1.29 is 4.74 Å². The van der Waals surface area contributed by atoms with Gasteiger partial charge in [0.2, 0.25) is 0 Å². The van der Waals surface area contributed by atoms with Crippen LogP contribution in [0.1, 0.15) is 23.6 Å². The summed E-state index contributed by atoms with van der Waals surface area (Å²) in [5.74, 6) is 0. The number of thiophene rings is 1.